The highest BCUT2D eigenvalue weighted by atomic mass is 19.3. The minimum absolute atomic E-state index is 0.256. The van der Waals surface area contributed by atoms with Gasteiger partial charge in [-0.2, -0.15) is 5.10 Å². The highest BCUT2D eigenvalue weighted by Crippen LogP contribution is 2.17. The number of hydrogen-bond donors (Lipinski definition) is 2. The molecule has 1 heterocycles. The van der Waals surface area contributed by atoms with Crippen molar-refractivity contribution in [2.45, 2.75) is 32.2 Å². The van der Waals surface area contributed by atoms with Gasteiger partial charge in [0.05, 0.1) is 12.2 Å². The molecule has 0 spiro atoms. The smallest absolute Gasteiger partial charge is 0.282 e. The van der Waals surface area contributed by atoms with Crippen LogP contribution < -0.4 is 5.32 Å². The first-order valence-corrected chi connectivity index (χ1v) is 5.57. The van der Waals surface area contributed by atoms with Crippen molar-refractivity contribution < 1.29 is 13.9 Å². The maximum absolute atomic E-state index is 12.8. The molecule has 6 heteroatoms. The van der Waals surface area contributed by atoms with Gasteiger partial charge in [0.25, 0.3) is 5.92 Å². The zero-order chi connectivity index (χ0) is 13.1. The van der Waals surface area contributed by atoms with E-state index in [-0.39, 0.29) is 5.92 Å². The maximum atomic E-state index is 12.8. The summed E-state index contributed by atoms with van der Waals surface area (Å²) in [6.07, 6.45) is 1.82. The van der Waals surface area contributed by atoms with Crippen LogP contribution in [-0.2, 0) is 13.6 Å². The van der Waals surface area contributed by atoms with Gasteiger partial charge < -0.3 is 10.4 Å². The number of halogens is 2. The summed E-state index contributed by atoms with van der Waals surface area (Å²) in [5.41, 5.74) is 1.82. The fourth-order valence-electron chi connectivity index (χ4n) is 1.61. The molecule has 0 aromatic carbocycles. The molecule has 0 saturated heterocycles. The van der Waals surface area contributed by atoms with Crippen molar-refractivity contribution in [3.8, 4) is 0 Å². The first-order valence-electron chi connectivity index (χ1n) is 5.57. The summed E-state index contributed by atoms with van der Waals surface area (Å²) in [5.74, 6) is -2.81. The van der Waals surface area contributed by atoms with Crippen LogP contribution in [0.15, 0.2) is 6.20 Å². The highest BCUT2D eigenvalue weighted by Gasteiger charge is 2.27. The second-order valence-electron chi connectivity index (χ2n) is 4.49. The van der Waals surface area contributed by atoms with Crippen LogP contribution in [0.3, 0.4) is 0 Å². The van der Waals surface area contributed by atoms with Crippen molar-refractivity contribution in [1.82, 2.24) is 15.1 Å². The van der Waals surface area contributed by atoms with Crippen LogP contribution >= 0.6 is 0 Å². The second-order valence-corrected chi connectivity index (χ2v) is 4.49. The Kier molecular flexibility index (Phi) is 4.59. The molecule has 0 atom stereocenters. The Bertz CT molecular complexity index is 364. The Labute approximate surface area is 99.6 Å². The summed E-state index contributed by atoms with van der Waals surface area (Å²) >= 11 is 0. The van der Waals surface area contributed by atoms with Crippen molar-refractivity contribution in [3.05, 3.63) is 17.5 Å². The van der Waals surface area contributed by atoms with Crippen molar-refractivity contribution in [2.24, 2.45) is 7.05 Å². The van der Waals surface area contributed by atoms with Crippen LogP contribution in [-0.4, -0.2) is 34.0 Å². The van der Waals surface area contributed by atoms with E-state index < -0.39 is 19.1 Å². The molecule has 0 bridgehead atoms. The fourth-order valence-corrected chi connectivity index (χ4v) is 1.61. The Morgan fingerprint density at radius 2 is 2.18 bits per heavy atom. The molecule has 0 unspecified atom stereocenters. The SMILES string of the molecule is CC(C)c1nn(C)cc1CNCC(F)(F)CO. The summed E-state index contributed by atoms with van der Waals surface area (Å²) in [6.45, 7) is 2.68. The minimum Gasteiger partial charge on any atom is -0.390 e. The zero-order valence-corrected chi connectivity index (χ0v) is 10.4. The number of aromatic nitrogens is 2. The first-order chi connectivity index (χ1) is 7.85. The van der Waals surface area contributed by atoms with E-state index >= 15 is 0 Å². The van der Waals surface area contributed by atoms with Gasteiger partial charge in [-0.1, -0.05) is 13.8 Å². The van der Waals surface area contributed by atoms with Crippen molar-refractivity contribution in [3.63, 3.8) is 0 Å². The average molecular weight is 247 g/mol. The quantitative estimate of drug-likeness (QED) is 0.795. The molecule has 1 aromatic rings. The molecule has 2 N–H and O–H groups in total. The van der Waals surface area contributed by atoms with E-state index in [1.165, 1.54) is 0 Å². The molecule has 17 heavy (non-hydrogen) atoms. The second kappa shape index (κ2) is 5.55. The highest BCUT2D eigenvalue weighted by molar-refractivity contribution is 5.19. The normalized spacial score (nSPS) is 12.4. The van der Waals surface area contributed by atoms with E-state index in [9.17, 15) is 8.78 Å². The van der Waals surface area contributed by atoms with Crippen LogP contribution in [0.2, 0.25) is 0 Å². The number of aliphatic hydroxyl groups is 1. The van der Waals surface area contributed by atoms with E-state index in [4.69, 9.17) is 5.11 Å². The minimum atomic E-state index is -3.07. The van der Waals surface area contributed by atoms with Crippen molar-refractivity contribution >= 4 is 0 Å². The van der Waals surface area contributed by atoms with Gasteiger partial charge in [0.2, 0.25) is 0 Å². The molecule has 0 aliphatic carbocycles. The van der Waals surface area contributed by atoms with E-state index in [1.54, 1.807) is 11.7 Å². The van der Waals surface area contributed by atoms with Crippen molar-refractivity contribution in [2.75, 3.05) is 13.2 Å². The van der Waals surface area contributed by atoms with Gasteiger partial charge in [0, 0.05) is 25.4 Å². The van der Waals surface area contributed by atoms with Crippen LogP contribution in [0.5, 0.6) is 0 Å². The van der Waals surface area contributed by atoms with Gasteiger partial charge in [-0.3, -0.25) is 4.68 Å². The number of nitrogens with one attached hydrogen (secondary N) is 1. The zero-order valence-electron chi connectivity index (χ0n) is 10.4. The number of aryl methyl sites for hydroxylation is 1. The summed E-state index contributed by atoms with van der Waals surface area (Å²) < 4.78 is 27.3. The molecular formula is C11H19F2N3O. The Morgan fingerprint density at radius 1 is 1.53 bits per heavy atom. The Hall–Kier alpha value is -1.01. The van der Waals surface area contributed by atoms with Gasteiger partial charge in [-0.05, 0) is 5.92 Å². The summed E-state index contributed by atoms with van der Waals surface area (Å²) in [7, 11) is 1.80. The predicted molar refractivity (Wildman–Crippen MR) is 61.0 cm³/mol. The number of alkyl halides is 2. The molecule has 0 aliphatic heterocycles. The van der Waals surface area contributed by atoms with Gasteiger partial charge >= 0.3 is 0 Å². The summed E-state index contributed by atoms with van der Waals surface area (Å²) in [4.78, 5) is 0. The third kappa shape index (κ3) is 4.05. The van der Waals surface area contributed by atoms with Gasteiger partial charge in [0.15, 0.2) is 0 Å². The lowest BCUT2D eigenvalue weighted by molar-refractivity contribution is -0.0477. The largest absolute Gasteiger partial charge is 0.390 e. The number of nitrogens with zero attached hydrogens (tertiary/aromatic N) is 2. The van der Waals surface area contributed by atoms with Gasteiger partial charge in [-0.15, -0.1) is 0 Å². The van der Waals surface area contributed by atoms with Crippen LogP contribution in [0.1, 0.15) is 31.0 Å². The molecule has 0 radical (unpaired) electrons. The summed E-state index contributed by atoms with van der Waals surface area (Å²) in [6, 6.07) is 0. The van der Waals surface area contributed by atoms with Crippen molar-refractivity contribution in [1.29, 1.82) is 0 Å². The summed E-state index contributed by atoms with van der Waals surface area (Å²) in [5, 5.41) is 15.4. The molecule has 0 aliphatic rings. The topological polar surface area (TPSA) is 50.1 Å². The van der Waals surface area contributed by atoms with E-state index in [0.717, 1.165) is 11.3 Å². The number of rotatable bonds is 6. The molecule has 0 saturated carbocycles. The molecule has 98 valence electrons. The lowest BCUT2D eigenvalue weighted by atomic mass is 10.1. The molecule has 1 aromatic heterocycles. The first kappa shape index (κ1) is 14.1. The van der Waals surface area contributed by atoms with Crippen LogP contribution in [0.25, 0.3) is 0 Å². The van der Waals surface area contributed by atoms with Gasteiger partial charge in [-0.25, -0.2) is 8.78 Å². The lowest BCUT2D eigenvalue weighted by Crippen LogP contribution is -2.35. The monoisotopic (exact) mass is 247 g/mol. The molecule has 0 amide bonds. The Balaban J connectivity index is 2.57. The molecule has 4 nitrogen and oxygen atoms in total. The standard InChI is InChI=1S/C11H19F2N3O/c1-8(2)10-9(5-16(3)15-10)4-14-6-11(12,13)7-17/h5,8,14,17H,4,6-7H2,1-3H3. The average Bonchev–Trinajstić information content (AvgIpc) is 2.60. The predicted octanol–water partition coefficient (Wildman–Crippen LogP) is 1.26. The Morgan fingerprint density at radius 3 is 2.71 bits per heavy atom. The third-order valence-corrected chi connectivity index (χ3v) is 2.41. The number of hydrogen-bond acceptors (Lipinski definition) is 3. The molecule has 1 rings (SSSR count). The van der Waals surface area contributed by atoms with Gasteiger partial charge in [0.1, 0.15) is 6.61 Å². The molecule has 0 fully saturated rings. The fraction of sp³-hybridized carbons (Fsp3) is 0.727. The number of aliphatic hydroxyl groups excluding tert-OH is 1. The van der Waals surface area contributed by atoms with E-state index in [0.29, 0.717) is 6.54 Å². The van der Waals surface area contributed by atoms with Crippen LogP contribution in [0.4, 0.5) is 8.78 Å². The van der Waals surface area contributed by atoms with Crippen LogP contribution in [0, 0.1) is 0 Å². The van der Waals surface area contributed by atoms with E-state index in [2.05, 4.69) is 10.4 Å². The van der Waals surface area contributed by atoms with E-state index in [1.807, 2.05) is 20.0 Å². The lowest BCUT2D eigenvalue weighted by Gasteiger charge is -2.14. The maximum Gasteiger partial charge on any atom is 0.282 e. The third-order valence-electron chi connectivity index (χ3n) is 2.41. The molecular weight excluding hydrogens is 228 g/mol.